The van der Waals surface area contributed by atoms with Crippen LogP contribution in [0.25, 0.3) is 0 Å². The first-order chi connectivity index (χ1) is 9.59. The molecule has 0 bridgehead atoms. The first-order valence-corrected chi connectivity index (χ1v) is 7.30. The molecule has 0 aromatic heterocycles. The summed E-state index contributed by atoms with van der Waals surface area (Å²) < 4.78 is 0. The minimum Gasteiger partial charge on any atom is -0.316 e. The SMILES string of the molecule is CC(C)(CCNCCCNCCC(C)(C)[N+](=O)[O-])[N+](=O)[O-]. The third-order valence-electron chi connectivity index (χ3n) is 3.52. The van der Waals surface area contributed by atoms with Crippen LogP contribution in [0, 0.1) is 20.2 Å². The van der Waals surface area contributed by atoms with E-state index in [4.69, 9.17) is 0 Å². The highest BCUT2D eigenvalue weighted by Gasteiger charge is 2.30. The Kier molecular flexibility index (Phi) is 8.34. The van der Waals surface area contributed by atoms with Crippen molar-refractivity contribution in [2.75, 3.05) is 26.2 Å². The normalized spacial score (nSPS) is 12.4. The first-order valence-electron chi connectivity index (χ1n) is 7.30. The van der Waals surface area contributed by atoms with Crippen LogP contribution in [0.5, 0.6) is 0 Å². The summed E-state index contributed by atoms with van der Waals surface area (Å²) >= 11 is 0. The molecule has 0 radical (unpaired) electrons. The molecule has 0 spiro atoms. The lowest BCUT2D eigenvalue weighted by atomic mass is 10.0. The minimum absolute atomic E-state index is 0.257. The van der Waals surface area contributed by atoms with E-state index in [9.17, 15) is 20.2 Å². The summed E-state index contributed by atoms with van der Waals surface area (Å²) in [7, 11) is 0. The second kappa shape index (κ2) is 8.89. The van der Waals surface area contributed by atoms with Crippen LogP contribution in [0.4, 0.5) is 0 Å². The van der Waals surface area contributed by atoms with Gasteiger partial charge >= 0.3 is 0 Å². The summed E-state index contributed by atoms with van der Waals surface area (Å²) in [6, 6.07) is 0. The van der Waals surface area contributed by atoms with E-state index in [2.05, 4.69) is 10.6 Å². The summed E-state index contributed by atoms with van der Waals surface area (Å²) in [4.78, 5) is 20.9. The average Bonchev–Trinajstić information content (AvgIpc) is 2.36. The number of nitro groups is 2. The lowest BCUT2D eigenvalue weighted by molar-refractivity contribution is -0.561. The van der Waals surface area contributed by atoms with Crippen LogP contribution >= 0.6 is 0 Å². The Hall–Kier alpha value is -1.28. The van der Waals surface area contributed by atoms with Gasteiger partial charge in [-0.1, -0.05) is 0 Å². The van der Waals surface area contributed by atoms with Crippen LogP contribution in [0.15, 0.2) is 0 Å². The quantitative estimate of drug-likeness (QED) is 0.321. The zero-order chi connectivity index (χ0) is 16.5. The van der Waals surface area contributed by atoms with Gasteiger partial charge in [0.15, 0.2) is 0 Å². The lowest BCUT2D eigenvalue weighted by Crippen LogP contribution is -2.36. The summed E-state index contributed by atoms with van der Waals surface area (Å²) in [6.07, 6.45) is 1.87. The number of rotatable bonds is 12. The maximum absolute atomic E-state index is 10.7. The Morgan fingerprint density at radius 3 is 1.38 bits per heavy atom. The van der Waals surface area contributed by atoms with Crippen LogP contribution in [0.2, 0.25) is 0 Å². The van der Waals surface area contributed by atoms with E-state index in [1.54, 1.807) is 27.7 Å². The van der Waals surface area contributed by atoms with Crippen molar-refractivity contribution in [3.63, 3.8) is 0 Å². The Morgan fingerprint density at radius 1 is 0.762 bits per heavy atom. The van der Waals surface area contributed by atoms with E-state index in [1.165, 1.54) is 0 Å². The van der Waals surface area contributed by atoms with Crippen molar-refractivity contribution in [1.82, 2.24) is 10.6 Å². The highest BCUT2D eigenvalue weighted by Crippen LogP contribution is 2.12. The lowest BCUT2D eigenvalue weighted by Gasteiger charge is -2.16. The van der Waals surface area contributed by atoms with E-state index in [1.807, 2.05) is 0 Å². The molecule has 0 atom stereocenters. The van der Waals surface area contributed by atoms with Gasteiger partial charge < -0.3 is 10.6 Å². The maximum Gasteiger partial charge on any atom is 0.218 e. The molecule has 0 saturated carbocycles. The standard InChI is InChI=1S/C13H28N4O4/c1-12(2,16(18)19)6-10-14-8-5-9-15-11-7-13(3,4)17(20)21/h14-15H,5-11H2,1-4H3. The second-order valence-electron chi connectivity index (χ2n) is 6.49. The molecule has 8 heteroatoms. The predicted octanol–water partition coefficient (Wildman–Crippen LogP) is 1.45. The number of nitrogens with one attached hydrogen (secondary N) is 2. The molecule has 0 rings (SSSR count). The zero-order valence-electron chi connectivity index (χ0n) is 13.5. The van der Waals surface area contributed by atoms with Gasteiger partial charge in [0.1, 0.15) is 0 Å². The molecule has 124 valence electrons. The molecule has 0 aliphatic rings. The smallest absolute Gasteiger partial charge is 0.218 e. The van der Waals surface area contributed by atoms with Crippen LogP contribution in [0.3, 0.4) is 0 Å². The van der Waals surface area contributed by atoms with Crippen molar-refractivity contribution in [3.05, 3.63) is 20.2 Å². The van der Waals surface area contributed by atoms with Crippen molar-refractivity contribution >= 4 is 0 Å². The van der Waals surface area contributed by atoms with Gasteiger partial charge in [0, 0.05) is 63.5 Å². The topological polar surface area (TPSA) is 110 Å². The molecule has 0 unspecified atom stereocenters. The predicted molar refractivity (Wildman–Crippen MR) is 81.7 cm³/mol. The summed E-state index contributed by atoms with van der Waals surface area (Å²) in [5.74, 6) is 0. The molecule has 21 heavy (non-hydrogen) atoms. The van der Waals surface area contributed by atoms with Gasteiger partial charge in [-0.05, 0) is 19.5 Å². The molecular weight excluding hydrogens is 276 g/mol. The monoisotopic (exact) mass is 304 g/mol. The van der Waals surface area contributed by atoms with Crippen molar-refractivity contribution in [2.45, 2.75) is 58.0 Å². The molecule has 0 aliphatic heterocycles. The van der Waals surface area contributed by atoms with E-state index in [0.717, 1.165) is 19.5 Å². The molecule has 0 amide bonds. The van der Waals surface area contributed by atoms with Gasteiger partial charge in [0.2, 0.25) is 11.1 Å². The fourth-order valence-electron chi connectivity index (χ4n) is 1.56. The van der Waals surface area contributed by atoms with Gasteiger partial charge in [-0.25, -0.2) is 0 Å². The zero-order valence-corrected chi connectivity index (χ0v) is 13.5. The third kappa shape index (κ3) is 8.56. The molecule has 0 aromatic carbocycles. The largest absolute Gasteiger partial charge is 0.316 e. The van der Waals surface area contributed by atoms with E-state index >= 15 is 0 Å². The maximum atomic E-state index is 10.7. The van der Waals surface area contributed by atoms with Crippen LogP contribution in [-0.2, 0) is 0 Å². The fraction of sp³-hybridized carbons (Fsp3) is 1.00. The molecule has 0 saturated heterocycles. The average molecular weight is 304 g/mol. The van der Waals surface area contributed by atoms with Crippen molar-refractivity contribution in [3.8, 4) is 0 Å². The molecule has 0 fully saturated rings. The van der Waals surface area contributed by atoms with Crippen LogP contribution < -0.4 is 10.6 Å². The van der Waals surface area contributed by atoms with E-state index in [-0.39, 0.29) is 9.85 Å². The number of hydrogen-bond donors (Lipinski definition) is 2. The van der Waals surface area contributed by atoms with Gasteiger partial charge in [0.05, 0.1) is 0 Å². The fourth-order valence-corrected chi connectivity index (χ4v) is 1.56. The summed E-state index contributed by atoms with van der Waals surface area (Å²) in [5.41, 5.74) is -1.78. The minimum atomic E-state index is -0.890. The molecule has 0 heterocycles. The number of hydrogen-bond acceptors (Lipinski definition) is 6. The summed E-state index contributed by atoms with van der Waals surface area (Å²) in [6.45, 7) is 9.25. The highest BCUT2D eigenvalue weighted by atomic mass is 16.6. The molecule has 0 aliphatic carbocycles. The van der Waals surface area contributed by atoms with Gasteiger partial charge in [-0.3, -0.25) is 20.2 Å². The van der Waals surface area contributed by atoms with E-state index in [0.29, 0.717) is 25.9 Å². The van der Waals surface area contributed by atoms with Crippen LogP contribution in [-0.4, -0.2) is 47.1 Å². The van der Waals surface area contributed by atoms with E-state index < -0.39 is 11.1 Å². The first kappa shape index (κ1) is 19.7. The van der Waals surface area contributed by atoms with Crippen LogP contribution in [0.1, 0.15) is 47.0 Å². The molecule has 2 N–H and O–H groups in total. The Balaban J connectivity index is 3.50. The van der Waals surface area contributed by atoms with Crippen molar-refractivity contribution in [1.29, 1.82) is 0 Å². The Morgan fingerprint density at radius 2 is 1.10 bits per heavy atom. The Bertz CT molecular complexity index is 313. The molecule has 8 nitrogen and oxygen atoms in total. The third-order valence-corrected chi connectivity index (χ3v) is 3.52. The number of nitrogens with zero attached hydrogens (tertiary/aromatic N) is 2. The van der Waals surface area contributed by atoms with Crippen molar-refractivity contribution in [2.24, 2.45) is 0 Å². The van der Waals surface area contributed by atoms with Crippen molar-refractivity contribution < 1.29 is 9.85 Å². The molecule has 0 aromatic rings. The van der Waals surface area contributed by atoms with Gasteiger partial charge in [0.25, 0.3) is 0 Å². The van der Waals surface area contributed by atoms with Gasteiger partial charge in [-0.15, -0.1) is 0 Å². The van der Waals surface area contributed by atoms with Gasteiger partial charge in [-0.2, -0.15) is 0 Å². The second-order valence-corrected chi connectivity index (χ2v) is 6.49. The summed E-state index contributed by atoms with van der Waals surface area (Å²) in [5, 5.41) is 27.8. The molecular formula is C13H28N4O4. The highest BCUT2D eigenvalue weighted by molar-refractivity contribution is 4.69. The Labute approximate surface area is 126 Å².